The topological polar surface area (TPSA) is 37.3 Å². The van der Waals surface area contributed by atoms with Gasteiger partial charge in [0.05, 0.1) is 6.10 Å². The molecule has 0 bridgehead atoms. The number of aliphatic hydroxyl groups is 1. The van der Waals surface area contributed by atoms with Crippen molar-refractivity contribution in [2.24, 2.45) is 0 Å². The second-order valence-electron chi connectivity index (χ2n) is 2.66. The third-order valence-electron chi connectivity index (χ3n) is 1.72. The molecule has 0 aromatic carbocycles. The molecule has 0 amide bonds. The average Bonchev–Trinajstić information content (AvgIpc) is 2.26. The molecule has 0 aromatic heterocycles. The largest absolute Gasteiger partial charge is 0.389 e. The molecule has 1 rings (SSSR count). The number of Topliss-reactive ketones (excluding diaryl/α,β-unsaturated/α-hetero) is 1. The molecule has 0 spiro atoms. The Labute approximate surface area is 66.2 Å². The highest BCUT2D eigenvalue weighted by Gasteiger charge is 2.20. The van der Waals surface area contributed by atoms with Gasteiger partial charge in [0.2, 0.25) is 0 Å². The van der Waals surface area contributed by atoms with E-state index in [0.29, 0.717) is 6.42 Å². The molecule has 2 nitrogen and oxygen atoms in total. The quantitative estimate of drug-likeness (QED) is 0.604. The monoisotopic (exact) mass is 152 g/mol. The summed E-state index contributed by atoms with van der Waals surface area (Å²) in [4.78, 5) is 11.0. The lowest BCUT2D eigenvalue weighted by atomic mass is 10.1. The van der Waals surface area contributed by atoms with E-state index in [1.807, 2.05) is 19.1 Å². The van der Waals surface area contributed by atoms with Gasteiger partial charge in [-0.3, -0.25) is 4.79 Å². The third-order valence-corrected chi connectivity index (χ3v) is 1.72. The third kappa shape index (κ3) is 2.02. The Balaban J connectivity index is 2.57. The van der Waals surface area contributed by atoms with Crippen LogP contribution in [0, 0.1) is 0 Å². The normalized spacial score (nSPS) is 24.7. The van der Waals surface area contributed by atoms with E-state index in [2.05, 4.69) is 0 Å². The molecule has 0 fully saturated rings. The molecule has 0 radical (unpaired) electrons. The van der Waals surface area contributed by atoms with Crippen molar-refractivity contribution in [2.75, 3.05) is 0 Å². The van der Waals surface area contributed by atoms with Crippen LogP contribution in [0.15, 0.2) is 23.8 Å². The van der Waals surface area contributed by atoms with Crippen molar-refractivity contribution in [1.82, 2.24) is 0 Å². The number of ketones is 1. The summed E-state index contributed by atoms with van der Waals surface area (Å²) < 4.78 is 0. The van der Waals surface area contributed by atoms with Crippen LogP contribution in [0.25, 0.3) is 0 Å². The first kappa shape index (κ1) is 8.21. The Morgan fingerprint density at radius 1 is 1.82 bits per heavy atom. The fourth-order valence-electron chi connectivity index (χ4n) is 1.13. The highest BCUT2D eigenvalue weighted by molar-refractivity contribution is 5.98. The van der Waals surface area contributed by atoms with Crippen LogP contribution in [-0.4, -0.2) is 17.0 Å². The van der Waals surface area contributed by atoms with Crippen molar-refractivity contribution in [3.63, 3.8) is 0 Å². The lowest BCUT2D eigenvalue weighted by molar-refractivity contribution is -0.115. The molecule has 0 heterocycles. The lowest BCUT2D eigenvalue weighted by Crippen LogP contribution is -2.00. The molecule has 0 aliphatic heterocycles. The highest BCUT2D eigenvalue weighted by atomic mass is 16.3. The summed E-state index contributed by atoms with van der Waals surface area (Å²) >= 11 is 0. The van der Waals surface area contributed by atoms with Crippen LogP contribution in [0.5, 0.6) is 0 Å². The number of rotatable bonds is 2. The predicted octanol–water partition coefficient (Wildman–Crippen LogP) is 1.21. The van der Waals surface area contributed by atoms with Crippen LogP contribution in [0.2, 0.25) is 0 Å². The fraction of sp³-hybridized carbons (Fsp3) is 0.444. The van der Waals surface area contributed by atoms with Crippen LogP contribution < -0.4 is 0 Å². The number of carbonyl (C=O) groups excluding carboxylic acids is 1. The zero-order valence-corrected chi connectivity index (χ0v) is 6.58. The minimum absolute atomic E-state index is 0.0793. The molecule has 1 aliphatic carbocycles. The van der Waals surface area contributed by atoms with Gasteiger partial charge >= 0.3 is 0 Å². The summed E-state index contributed by atoms with van der Waals surface area (Å²) in [5, 5.41) is 9.05. The molecule has 1 unspecified atom stereocenters. The summed E-state index contributed by atoms with van der Waals surface area (Å²) in [5.74, 6) is 0.0793. The van der Waals surface area contributed by atoms with E-state index in [1.165, 1.54) is 0 Å². The van der Waals surface area contributed by atoms with Crippen LogP contribution in [0.3, 0.4) is 0 Å². The van der Waals surface area contributed by atoms with Crippen LogP contribution in [0.1, 0.15) is 19.8 Å². The fourth-order valence-corrected chi connectivity index (χ4v) is 1.13. The minimum Gasteiger partial charge on any atom is -0.389 e. The van der Waals surface area contributed by atoms with Gasteiger partial charge in [0.1, 0.15) is 0 Å². The number of aliphatic hydroxyl groups excluding tert-OH is 1. The summed E-state index contributed by atoms with van der Waals surface area (Å²) in [6, 6.07) is 0. The van der Waals surface area contributed by atoms with Gasteiger partial charge in [0.25, 0.3) is 0 Å². The van der Waals surface area contributed by atoms with E-state index >= 15 is 0 Å². The van der Waals surface area contributed by atoms with Crippen molar-refractivity contribution in [3.05, 3.63) is 23.8 Å². The highest BCUT2D eigenvalue weighted by Crippen LogP contribution is 2.17. The maximum atomic E-state index is 11.0. The zero-order valence-electron chi connectivity index (χ0n) is 6.58. The Kier molecular flexibility index (Phi) is 2.60. The summed E-state index contributed by atoms with van der Waals surface area (Å²) in [7, 11) is 0. The van der Waals surface area contributed by atoms with Crippen molar-refractivity contribution in [1.29, 1.82) is 0 Å². The van der Waals surface area contributed by atoms with Crippen LogP contribution in [-0.2, 0) is 4.79 Å². The number of hydrogen-bond donors (Lipinski definition) is 1. The molecule has 0 saturated carbocycles. The predicted molar refractivity (Wildman–Crippen MR) is 43.1 cm³/mol. The maximum absolute atomic E-state index is 11.0. The molecular weight excluding hydrogens is 140 g/mol. The minimum atomic E-state index is -0.539. The molecule has 0 aromatic rings. The van der Waals surface area contributed by atoms with E-state index in [4.69, 9.17) is 5.11 Å². The van der Waals surface area contributed by atoms with Crippen molar-refractivity contribution in [3.8, 4) is 0 Å². The SMILES string of the molecule is C/C=C\CC1=CC(O)CC1=O. The Bertz CT molecular complexity index is 214. The average molecular weight is 152 g/mol. The Hall–Kier alpha value is -0.890. The zero-order chi connectivity index (χ0) is 8.27. The molecule has 60 valence electrons. The molecule has 2 heteroatoms. The molecule has 1 N–H and O–H groups in total. The number of carbonyl (C=O) groups is 1. The number of allylic oxidation sites excluding steroid dienone is 3. The van der Waals surface area contributed by atoms with Crippen LogP contribution >= 0.6 is 0 Å². The van der Waals surface area contributed by atoms with Gasteiger partial charge in [-0.15, -0.1) is 0 Å². The summed E-state index contributed by atoms with van der Waals surface area (Å²) in [5.41, 5.74) is 0.746. The van der Waals surface area contributed by atoms with Gasteiger partial charge < -0.3 is 5.11 Å². The molecule has 0 saturated heterocycles. The second-order valence-corrected chi connectivity index (χ2v) is 2.66. The first-order valence-electron chi connectivity index (χ1n) is 3.77. The van der Waals surface area contributed by atoms with Gasteiger partial charge in [0, 0.05) is 6.42 Å². The Morgan fingerprint density at radius 3 is 3.00 bits per heavy atom. The second kappa shape index (κ2) is 3.49. The molecule has 1 aliphatic rings. The molecular formula is C9H12O2. The van der Waals surface area contributed by atoms with Gasteiger partial charge in [-0.05, 0) is 25.0 Å². The van der Waals surface area contributed by atoms with Gasteiger partial charge in [0.15, 0.2) is 5.78 Å². The lowest BCUT2D eigenvalue weighted by Gasteiger charge is -1.91. The van der Waals surface area contributed by atoms with Crippen molar-refractivity contribution >= 4 is 5.78 Å². The van der Waals surface area contributed by atoms with Gasteiger partial charge in [-0.25, -0.2) is 0 Å². The van der Waals surface area contributed by atoms with E-state index in [-0.39, 0.29) is 12.2 Å². The van der Waals surface area contributed by atoms with Crippen molar-refractivity contribution in [2.45, 2.75) is 25.9 Å². The van der Waals surface area contributed by atoms with Gasteiger partial charge in [-0.2, -0.15) is 0 Å². The first-order valence-corrected chi connectivity index (χ1v) is 3.77. The van der Waals surface area contributed by atoms with Crippen molar-refractivity contribution < 1.29 is 9.90 Å². The summed E-state index contributed by atoms with van der Waals surface area (Å²) in [6.07, 6.45) is 5.85. The first-order chi connectivity index (χ1) is 5.24. The summed E-state index contributed by atoms with van der Waals surface area (Å²) in [6.45, 7) is 1.91. The number of hydrogen-bond acceptors (Lipinski definition) is 2. The van der Waals surface area contributed by atoms with Crippen LogP contribution in [0.4, 0.5) is 0 Å². The van der Waals surface area contributed by atoms with E-state index < -0.39 is 6.10 Å². The maximum Gasteiger partial charge on any atom is 0.161 e. The molecule has 1 atom stereocenters. The van der Waals surface area contributed by atoms with E-state index in [9.17, 15) is 4.79 Å². The standard InChI is InChI=1S/C9H12O2/c1-2-3-4-7-5-8(10)6-9(7)11/h2-3,5,8,10H,4,6H2,1H3/b3-2-. The molecule has 11 heavy (non-hydrogen) atoms. The van der Waals surface area contributed by atoms with Gasteiger partial charge in [-0.1, -0.05) is 12.2 Å². The Morgan fingerprint density at radius 2 is 2.55 bits per heavy atom. The van der Waals surface area contributed by atoms with E-state index in [1.54, 1.807) is 6.08 Å². The van der Waals surface area contributed by atoms with E-state index in [0.717, 1.165) is 5.57 Å². The smallest absolute Gasteiger partial charge is 0.161 e.